The summed E-state index contributed by atoms with van der Waals surface area (Å²) < 4.78 is 0. The van der Waals surface area contributed by atoms with Crippen LogP contribution in [0.25, 0.3) is 0 Å². The van der Waals surface area contributed by atoms with E-state index in [-0.39, 0.29) is 6.03 Å². The Kier molecular flexibility index (Phi) is 6.05. The molecule has 0 aliphatic rings. The first kappa shape index (κ1) is 14.4. The van der Waals surface area contributed by atoms with E-state index < -0.39 is 0 Å². The maximum absolute atomic E-state index is 12.1. The van der Waals surface area contributed by atoms with Crippen molar-refractivity contribution < 1.29 is 4.79 Å². The van der Waals surface area contributed by atoms with Gasteiger partial charge in [0.2, 0.25) is 0 Å². The van der Waals surface area contributed by atoms with E-state index in [9.17, 15) is 4.79 Å². The van der Waals surface area contributed by atoms with E-state index in [1.54, 1.807) is 4.90 Å². The summed E-state index contributed by atoms with van der Waals surface area (Å²) in [5, 5.41) is 2.93. The molecule has 0 aliphatic carbocycles. The van der Waals surface area contributed by atoms with Gasteiger partial charge in [-0.25, -0.2) is 4.79 Å². The SMILES string of the molecule is CCCCNC(=O)N(CCC)c1ccccc1N. The highest BCUT2D eigenvalue weighted by molar-refractivity contribution is 5.95. The number of nitrogens with zero attached hydrogens (tertiary/aromatic N) is 1. The molecule has 0 heterocycles. The van der Waals surface area contributed by atoms with Crippen LogP contribution in [0.4, 0.5) is 16.2 Å². The lowest BCUT2D eigenvalue weighted by molar-refractivity contribution is 0.246. The lowest BCUT2D eigenvalue weighted by Crippen LogP contribution is -2.41. The molecule has 4 nitrogen and oxygen atoms in total. The number of nitrogens with one attached hydrogen (secondary N) is 1. The third-order valence-electron chi connectivity index (χ3n) is 2.73. The van der Waals surface area contributed by atoms with Gasteiger partial charge < -0.3 is 11.1 Å². The van der Waals surface area contributed by atoms with Crippen LogP contribution in [0, 0.1) is 0 Å². The molecule has 2 amide bonds. The molecule has 1 aromatic rings. The van der Waals surface area contributed by atoms with E-state index in [1.165, 1.54) is 0 Å². The van der Waals surface area contributed by atoms with Crippen LogP contribution in [0.2, 0.25) is 0 Å². The van der Waals surface area contributed by atoms with Crippen LogP contribution in [0.5, 0.6) is 0 Å². The largest absolute Gasteiger partial charge is 0.397 e. The third-order valence-corrected chi connectivity index (χ3v) is 2.73. The first-order valence-electron chi connectivity index (χ1n) is 6.60. The van der Waals surface area contributed by atoms with E-state index in [0.29, 0.717) is 18.8 Å². The van der Waals surface area contributed by atoms with Gasteiger partial charge in [0.1, 0.15) is 0 Å². The molecule has 0 unspecified atom stereocenters. The van der Waals surface area contributed by atoms with E-state index in [2.05, 4.69) is 12.2 Å². The number of anilines is 2. The highest BCUT2D eigenvalue weighted by Gasteiger charge is 2.15. The number of hydrogen-bond acceptors (Lipinski definition) is 2. The molecular weight excluding hydrogens is 226 g/mol. The fourth-order valence-corrected chi connectivity index (χ4v) is 1.76. The van der Waals surface area contributed by atoms with Crippen molar-refractivity contribution in [2.75, 3.05) is 23.7 Å². The number of hydrogen-bond donors (Lipinski definition) is 2. The number of unbranched alkanes of at least 4 members (excludes halogenated alkanes) is 1. The molecule has 0 saturated carbocycles. The third kappa shape index (κ3) is 3.95. The van der Waals surface area contributed by atoms with Crippen molar-refractivity contribution in [2.24, 2.45) is 0 Å². The number of para-hydroxylation sites is 2. The van der Waals surface area contributed by atoms with Crippen molar-refractivity contribution in [3.63, 3.8) is 0 Å². The number of rotatable bonds is 6. The molecule has 0 spiro atoms. The predicted molar refractivity (Wildman–Crippen MR) is 76.8 cm³/mol. The van der Waals surface area contributed by atoms with Gasteiger partial charge in [0.25, 0.3) is 0 Å². The second-order valence-corrected chi connectivity index (χ2v) is 4.30. The van der Waals surface area contributed by atoms with Gasteiger partial charge in [-0.05, 0) is 25.0 Å². The number of urea groups is 1. The van der Waals surface area contributed by atoms with E-state index >= 15 is 0 Å². The van der Waals surface area contributed by atoms with Gasteiger partial charge >= 0.3 is 6.03 Å². The Morgan fingerprint density at radius 2 is 2.00 bits per heavy atom. The Morgan fingerprint density at radius 1 is 1.28 bits per heavy atom. The van der Waals surface area contributed by atoms with Crippen molar-refractivity contribution >= 4 is 17.4 Å². The zero-order chi connectivity index (χ0) is 13.4. The summed E-state index contributed by atoms with van der Waals surface area (Å²) in [6.45, 7) is 5.53. The predicted octanol–water partition coefficient (Wildman–Crippen LogP) is 2.99. The zero-order valence-electron chi connectivity index (χ0n) is 11.3. The molecule has 0 aromatic heterocycles. The molecule has 0 fully saturated rings. The molecule has 18 heavy (non-hydrogen) atoms. The Morgan fingerprint density at radius 3 is 2.61 bits per heavy atom. The molecule has 1 aromatic carbocycles. The van der Waals surface area contributed by atoms with Crippen molar-refractivity contribution in [1.82, 2.24) is 5.32 Å². The Bertz CT molecular complexity index is 379. The molecule has 0 saturated heterocycles. The fourth-order valence-electron chi connectivity index (χ4n) is 1.76. The van der Waals surface area contributed by atoms with Gasteiger partial charge in [-0.15, -0.1) is 0 Å². The smallest absolute Gasteiger partial charge is 0.321 e. The molecule has 0 bridgehead atoms. The molecular formula is C14H23N3O. The van der Waals surface area contributed by atoms with Crippen LogP contribution < -0.4 is 16.0 Å². The number of carbonyl (C=O) groups excluding carboxylic acids is 1. The van der Waals surface area contributed by atoms with Gasteiger partial charge in [-0.3, -0.25) is 4.90 Å². The second kappa shape index (κ2) is 7.58. The number of amides is 2. The molecule has 0 atom stereocenters. The van der Waals surface area contributed by atoms with Crippen molar-refractivity contribution in [1.29, 1.82) is 0 Å². The van der Waals surface area contributed by atoms with E-state index in [0.717, 1.165) is 24.9 Å². The summed E-state index contributed by atoms with van der Waals surface area (Å²) in [5.41, 5.74) is 7.34. The Hall–Kier alpha value is -1.71. The normalized spacial score (nSPS) is 10.1. The zero-order valence-corrected chi connectivity index (χ0v) is 11.3. The summed E-state index contributed by atoms with van der Waals surface area (Å²) >= 11 is 0. The number of nitrogen functional groups attached to an aromatic ring is 1. The minimum absolute atomic E-state index is 0.0665. The quantitative estimate of drug-likeness (QED) is 0.601. The van der Waals surface area contributed by atoms with Gasteiger partial charge in [0, 0.05) is 13.1 Å². The van der Waals surface area contributed by atoms with Crippen LogP contribution in [0.15, 0.2) is 24.3 Å². The van der Waals surface area contributed by atoms with Crippen molar-refractivity contribution in [3.8, 4) is 0 Å². The van der Waals surface area contributed by atoms with Crippen LogP contribution in [0.3, 0.4) is 0 Å². The van der Waals surface area contributed by atoms with Gasteiger partial charge in [-0.1, -0.05) is 32.4 Å². The maximum atomic E-state index is 12.1. The van der Waals surface area contributed by atoms with Crippen molar-refractivity contribution in [3.05, 3.63) is 24.3 Å². The summed E-state index contributed by atoms with van der Waals surface area (Å²) in [7, 11) is 0. The Labute approximate surface area is 109 Å². The molecule has 100 valence electrons. The fraction of sp³-hybridized carbons (Fsp3) is 0.500. The molecule has 0 radical (unpaired) electrons. The first-order valence-corrected chi connectivity index (χ1v) is 6.60. The van der Waals surface area contributed by atoms with Gasteiger partial charge in [0.15, 0.2) is 0 Å². The lowest BCUT2D eigenvalue weighted by atomic mass is 10.2. The Balaban J connectivity index is 2.76. The molecule has 4 heteroatoms. The number of nitrogens with two attached hydrogens (primary N) is 1. The standard InChI is InChI=1S/C14H23N3O/c1-3-5-10-16-14(18)17(11-4-2)13-9-7-6-8-12(13)15/h6-9H,3-5,10-11,15H2,1-2H3,(H,16,18). The molecule has 3 N–H and O–H groups in total. The number of carbonyl (C=O) groups is 1. The van der Waals surface area contributed by atoms with E-state index in [1.807, 2.05) is 31.2 Å². The molecule has 0 aliphatic heterocycles. The van der Waals surface area contributed by atoms with Crippen molar-refractivity contribution in [2.45, 2.75) is 33.1 Å². The summed E-state index contributed by atoms with van der Waals surface area (Å²) in [6, 6.07) is 7.40. The summed E-state index contributed by atoms with van der Waals surface area (Å²) in [5.74, 6) is 0. The minimum atomic E-state index is -0.0665. The summed E-state index contributed by atoms with van der Waals surface area (Å²) in [6.07, 6.45) is 2.97. The highest BCUT2D eigenvalue weighted by atomic mass is 16.2. The monoisotopic (exact) mass is 249 g/mol. The van der Waals surface area contributed by atoms with E-state index in [4.69, 9.17) is 5.73 Å². The van der Waals surface area contributed by atoms with Crippen LogP contribution in [0.1, 0.15) is 33.1 Å². The van der Waals surface area contributed by atoms with Crippen LogP contribution >= 0.6 is 0 Å². The molecule has 1 rings (SSSR count). The topological polar surface area (TPSA) is 58.4 Å². The highest BCUT2D eigenvalue weighted by Crippen LogP contribution is 2.22. The average Bonchev–Trinajstić information content (AvgIpc) is 2.37. The maximum Gasteiger partial charge on any atom is 0.321 e. The summed E-state index contributed by atoms with van der Waals surface area (Å²) in [4.78, 5) is 13.8. The second-order valence-electron chi connectivity index (χ2n) is 4.30. The average molecular weight is 249 g/mol. The van der Waals surface area contributed by atoms with Gasteiger partial charge in [-0.2, -0.15) is 0 Å². The van der Waals surface area contributed by atoms with Crippen LogP contribution in [-0.2, 0) is 0 Å². The van der Waals surface area contributed by atoms with Crippen LogP contribution in [-0.4, -0.2) is 19.1 Å². The van der Waals surface area contributed by atoms with Gasteiger partial charge in [0.05, 0.1) is 11.4 Å². The number of benzene rings is 1. The minimum Gasteiger partial charge on any atom is -0.397 e. The first-order chi connectivity index (χ1) is 8.70. The lowest BCUT2D eigenvalue weighted by Gasteiger charge is -2.24.